The molecule has 1 unspecified atom stereocenters. The summed E-state index contributed by atoms with van der Waals surface area (Å²) in [5.41, 5.74) is -0.516. The molecule has 0 spiro atoms. The van der Waals surface area contributed by atoms with Gasteiger partial charge >= 0.3 is 0 Å². The third-order valence-electron chi connectivity index (χ3n) is 2.68. The molecular weight excluding hydrogens is 308 g/mol. The standard InChI is InChI=1S/C12H14BrClFNO/c1-3-12(2,7-14)16-11(17)10-8(13)5-4-6-9(10)15/h4-6H,3,7H2,1-2H3,(H,16,17). The monoisotopic (exact) mass is 321 g/mol. The number of carbonyl (C=O) groups is 1. The third-order valence-corrected chi connectivity index (χ3v) is 3.93. The van der Waals surface area contributed by atoms with Crippen LogP contribution in [0.2, 0.25) is 0 Å². The van der Waals surface area contributed by atoms with Crippen molar-refractivity contribution in [1.29, 1.82) is 0 Å². The van der Waals surface area contributed by atoms with E-state index in [-0.39, 0.29) is 11.4 Å². The molecule has 0 aliphatic heterocycles. The van der Waals surface area contributed by atoms with Gasteiger partial charge in [0.2, 0.25) is 0 Å². The average molecular weight is 323 g/mol. The van der Waals surface area contributed by atoms with Gasteiger partial charge in [0.1, 0.15) is 5.82 Å². The first-order chi connectivity index (χ1) is 7.93. The second kappa shape index (κ2) is 5.83. The lowest BCUT2D eigenvalue weighted by Crippen LogP contribution is -2.47. The van der Waals surface area contributed by atoms with E-state index >= 15 is 0 Å². The van der Waals surface area contributed by atoms with Crippen LogP contribution in [-0.2, 0) is 0 Å². The van der Waals surface area contributed by atoms with Crippen LogP contribution in [0.25, 0.3) is 0 Å². The summed E-state index contributed by atoms with van der Waals surface area (Å²) in [6.45, 7) is 3.74. The van der Waals surface area contributed by atoms with Gasteiger partial charge in [-0.05, 0) is 41.4 Å². The van der Waals surface area contributed by atoms with Gasteiger partial charge in [-0.1, -0.05) is 13.0 Å². The predicted molar refractivity (Wildman–Crippen MR) is 71.0 cm³/mol. The molecule has 0 aromatic heterocycles. The van der Waals surface area contributed by atoms with E-state index in [1.807, 2.05) is 13.8 Å². The lowest BCUT2D eigenvalue weighted by molar-refractivity contribution is 0.0907. The molecule has 0 fully saturated rings. The maximum atomic E-state index is 13.6. The fourth-order valence-corrected chi connectivity index (χ4v) is 2.05. The van der Waals surface area contributed by atoms with E-state index < -0.39 is 17.3 Å². The van der Waals surface area contributed by atoms with Gasteiger partial charge in [-0.25, -0.2) is 4.39 Å². The molecule has 1 amide bonds. The molecular formula is C12H14BrClFNO. The van der Waals surface area contributed by atoms with Crippen LogP contribution in [0.4, 0.5) is 4.39 Å². The molecule has 1 rings (SSSR count). The Morgan fingerprint density at radius 3 is 2.71 bits per heavy atom. The summed E-state index contributed by atoms with van der Waals surface area (Å²) in [7, 11) is 0. The van der Waals surface area contributed by atoms with Crippen LogP contribution in [0.15, 0.2) is 22.7 Å². The number of alkyl halides is 1. The first kappa shape index (κ1) is 14.5. The van der Waals surface area contributed by atoms with Crippen LogP contribution in [0.5, 0.6) is 0 Å². The minimum Gasteiger partial charge on any atom is -0.346 e. The number of halogens is 3. The summed E-state index contributed by atoms with van der Waals surface area (Å²) >= 11 is 8.97. The summed E-state index contributed by atoms with van der Waals surface area (Å²) in [5, 5.41) is 2.75. The Morgan fingerprint density at radius 1 is 1.59 bits per heavy atom. The second-order valence-electron chi connectivity index (χ2n) is 4.10. The lowest BCUT2D eigenvalue weighted by atomic mass is 10.0. The average Bonchev–Trinajstić information content (AvgIpc) is 2.28. The zero-order valence-electron chi connectivity index (χ0n) is 9.69. The van der Waals surface area contributed by atoms with Crippen molar-refractivity contribution in [3.8, 4) is 0 Å². The summed E-state index contributed by atoms with van der Waals surface area (Å²) < 4.78 is 14.0. The van der Waals surface area contributed by atoms with Crippen LogP contribution < -0.4 is 5.32 Å². The molecule has 1 aromatic carbocycles. The predicted octanol–water partition coefficient (Wildman–Crippen LogP) is 3.73. The van der Waals surface area contributed by atoms with Gasteiger partial charge in [0.15, 0.2) is 0 Å². The van der Waals surface area contributed by atoms with Crippen LogP contribution >= 0.6 is 27.5 Å². The maximum Gasteiger partial charge on any atom is 0.255 e. The SMILES string of the molecule is CCC(C)(CCl)NC(=O)c1c(F)cccc1Br. The van der Waals surface area contributed by atoms with Crippen molar-refractivity contribution < 1.29 is 9.18 Å². The van der Waals surface area contributed by atoms with Crippen molar-refractivity contribution in [2.75, 3.05) is 5.88 Å². The summed E-state index contributed by atoms with van der Waals surface area (Å²) in [6, 6.07) is 4.42. The summed E-state index contributed by atoms with van der Waals surface area (Å²) in [6.07, 6.45) is 0.675. The number of carbonyl (C=O) groups excluding carboxylic acids is 1. The fraction of sp³-hybridized carbons (Fsp3) is 0.417. The van der Waals surface area contributed by atoms with Crippen molar-refractivity contribution in [1.82, 2.24) is 5.32 Å². The molecule has 1 N–H and O–H groups in total. The Balaban J connectivity index is 2.98. The van der Waals surface area contributed by atoms with Crippen LogP contribution in [0.1, 0.15) is 30.6 Å². The Morgan fingerprint density at radius 2 is 2.24 bits per heavy atom. The highest BCUT2D eigenvalue weighted by atomic mass is 79.9. The first-order valence-corrected chi connectivity index (χ1v) is 6.59. The molecule has 0 aliphatic carbocycles. The van der Waals surface area contributed by atoms with E-state index in [0.717, 1.165) is 0 Å². The van der Waals surface area contributed by atoms with Gasteiger partial charge in [0.25, 0.3) is 5.91 Å². The van der Waals surface area contributed by atoms with Crippen LogP contribution in [0, 0.1) is 5.82 Å². The van der Waals surface area contributed by atoms with Crippen molar-refractivity contribution >= 4 is 33.4 Å². The van der Waals surface area contributed by atoms with Crippen molar-refractivity contribution in [2.24, 2.45) is 0 Å². The Bertz CT molecular complexity index is 401. The van der Waals surface area contributed by atoms with Crippen LogP contribution in [-0.4, -0.2) is 17.3 Å². The highest BCUT2D eigenvalue weighted by molar-refractivity contribution is 9.10. The normalized spacial score (nSPS) is 14.2. The largest absolute Gasteiger partial charge is 0.346 e. The van der Waals surface area contributed by atoms with E-state index in [1.165, 1.54) is 12.1 Å². The number of rotatable bonds is 4. The highest BCUT2D eigenvalue weighted by Crippen LogP contribution is 2.21. The lowest BCUT2D eigenvalue weighted by Gasteiger charge is -2.27. The molecule has 94 valence electrons. The molecule has 0 radical (unpaired) electrons. The van der Waals surface area contributed by atoms with Crippen molar-refractivity contribution in [3.05, 3.63) is 34.1 Å². The molecule has 1 atom stereocenters. The molecule has 5 heteroatoms. The number of benzene rings is 1. The smallest absolute Gasteiger partial charge is 0.255 e. The summed E-state index contributed by atoms with van der Waals surface area (Å²) in [4.78, 5) is 12.0. The molecule has 2 nitrogen and oxygen atoms in total. The number of hydrogen-bond donors (Lipinski definition) is 1. The van der Waals surface area contributed by atoms with Gasteiger partial charge in [0, 0.05) is 10.4 Å². The van der Waals surface area contributed by atoms with Crippen molar-refractivity contribution in [2.45, 2.75) is 25.8 Å². The molecule has 0 aliphatic rings. The number of hydrogen-bond acceptors (Lipinski definition) is 1. The van der Waals surface area contributed by atoms with Gasteiger partial charge in [-0.3, -0.25) is 4.79 Å². The van der Waals surface area contributed by atoms with Gasteiger partial charge in [-0.2, -0.15) is 0 Å². The number of nitrogens with one attached hydrogen (secondary N) is 1. The quantitative estimate of drug-likeness (QED) is 0.841. The molecule has 17 heavy (non-hydrogen) atoms. The maximum absolute atomic E-state index is 13.6. The van der Waals surface area contributed by atoms with Crippen molar-refractivity contribution in [3.63, 3.8) is 0 Å². The third kappa shape index (κ3) is 3.42. The highest BCUT2D eigenvalue weighted by Gasteiger charge is 2.26. The number of amides is 1. The topological polar surface area (TPSA) is 29.1 Å². The van der Waals surface area contributed by atoms with E-state index in [4.69, 9.17) is 11.6 Å². The fourth-order valence-electron chi connectivity index (χ4n) is 1.27. The van der Waals surface area contributed by atoms with E-state index in [1.54, 1.807) is 6.07 Å². The minimum absolute atomic E-state index is 0.0114. The molecule has 0 saturated carbocycles. The second-order valence-corrected chi connectivity index (χ2v) is 5.22. The Labute approximate surface area is 114 Å². The van der Waals surface area contributed by atoms with Gasteiger partial charge < -0.3 is 5.32 Å². The Hall–Kier alpha value is -0.610. The zero-order valence-corrected chi connectivity index (χ0v) is 12.0. The van der Waals surface area contributed by atoms with Gasteiger partial charge in [-0.15, -0.1) is 11.6 Å². The van der Waals surface area contributed by atoms with E-state index in [2.05, 4.69) is 21.2 Å². The van der Waals surface area contributed by atoms with E-state index in [0.29, 0.717) is 10.9 Å². The molecule has 0 heterocycles. The minimum atomic E-state index is -0.551. The summed E-state index contributed by atoms with van der Waals surface area (Å²) in [5.74, 6) is -0.730. The molecule has 1 aromatic rings. The molecule has 0 bridgehead atoms. The zero-order chi connectivity index (χ0) is 13.1. The van der Waals surface area contributed by atoms with Crippen LogP contribution in [0.3, 0.4) is 0 Å². The van der Waals surface area contributed by atoms with E-state index in [9.17, 15) is 9.18 Å². The molecule has 0 saturated heterocycles. The first-order valence-electron chi connectivity index (χ1n) is 5.26. The Kier molecular flexibility index (Phi) is 4.95. The van der Waals surface area contributed by atoms with Gasteiger partial charge in [0.05, 0.1) is 11.1 Å².